The number of aryl methyl sites for hydroxylation is 1. The molecule has 1 amide bonds. The number of nitrogens with zero attached hydrogens (tertiary/aromatic N) is 2. The monoisotopic (exact) mass is 381 g/mol. The molecular weight excluding hydrogens is 358 g/mol. The van der Waals surface area contributed by atoms with Gasteiger partial charge in [0.2, 0.25) is 0 Å². The predicted molar refractivity (Wildman–Crippen MR) is 104 cm³/mol. The van der Waals surface area contributed by atoms with Crippen molar-refractivity contribution >= 4 is 17.0 Å². The predicted octanol–water partition coefficient (Wildman–Crippen LogP) is 3.92. The fraction of sp³-hybridized carbons (Fsp3) is 0.381. The molecule has 1 aromatic carbocycles. The Kier molecular flexibility index (Phi) is 4.66. The SMILES string of the molecule is Cc1noc2nc(C(C)C)cc(C(=O)NC(C)c3ccc4c(c3)OCCO4)c12. The molecule has 0 fully saturated rings. The third-order valence-corrected chi connectivity index (χ3v) is 4.89. The highest BCUT2D eigenvalue weighted by Crippen LogP contribution is 2.33. The molecule has 1 unspecified atom stereocenters. The number of benzene rings is 1. The van der Waals surface area contributed by atoms with Crippen molar-refractivity contribution in [3.05, 3.63) is 46.8 Å². The molecule has 0 bridgehead atoms. The highest BCUT2D eigenvalue weighted by Gasteiger charge is 2.22. The maximum atomic E-state index is 13.1. The van der Waals surface area contributed by atoms with Gasteiger partial charge in [0.25, 0.3) is 11.6 Å². The first kappa shape index (κ1) is 18.3. The Balaban J connectivity index is 1.64. The van der Waals surface area contributed by atoms with E-state index < -0.39 is 0 Å². The fourth-order valence-corrected chi connectivity index (χ4v) is 3.28. The highest BCUT2D eigenvalue weighted by atomic mass is 16.6. The van der Waals surface area contributed by atoms with Gasteiger partial charge < -0.3 is 19.3 Å². The Morgan fingerprint density at radius 1 is 1.11 bits per heavy atom. The first-order chi connectivity index (χ1) is 13.4. The van der Waals surface area contributed by atoms with Gasteiger partial charge in [-0.05, 0) is 43.5 Å². The van der Waals surface area contributed by atoms with Crippen molar-refractivity contribution in [2.45, 2.75) is 39.7 Å². The van der Waals surface area contributed by atoms with Gasteiger partial charge in [-0.3, -0.25) is 4.79 Å². The number of aromatic nitrogens is 2. The molecule has 1 aliphatic rings. The Morgan fingerprint density at radius 3 is 2.61 bits per heavy atom. The van der Waals surface area contributed by atoms with Crippen LogP contribution < -0.4 is 14.8 Å². The van der Waals surface area contributed by atoms with E-state index in [9.17, 15) is 4.79 Å². The average Bonchev–Trinajstić information content (AvgIpc) is 3.07. The van der Waals surface area contributed by atoms with Crippen LogP contribution in [0.25, 0.3) is 11.1 Å². The summed E-state index contributed by atoms with van der Waals surface area (Å²) in [6.07, 6.45) is 0. The summed E-state index contributed by atoms with van der Waals surface area (Å²) in [4.78, 5) is 17.6. The standard InChI is InChI=1S/C21H23N3O4/c1-11(2)16-10-15(19-13(4)24-28-21(19)23-16)20(25)22-12(3)14-5-6-17-18(9-14)27-8-7-26-17/h5-6,9-12H,7-8H2,1-4H3,(H,22,25). The van der Waals surface area contributed by atoms with Crippen LogP contribution in [0, 0.1) is 6.92 Å². The van der Waals surface area contributed by atoms with Crippen LogP contribution in [0.4, 0.5) is 0 Å². The molecule has 1 atom stereocenters. The van der Waals surface area contributed by atoms with Crippen molar-refractivity contribution < 1.29 is 18.8 Å². The van der Waals surface area contributed by atoms with Crippen molar-refractivity contribution in [3.63, 3.8) is 0 Å². The van der Waals surface area contributed by atoms with Crippen LogP contribution >= 0.6 is 0 Å². The maximum Gasteiger partial charge on any atom is 0.259 e. The molecule has 0 saturated heterocycles. The van der Waals surface area contributed by atoms with Crippen LogP contribution in [0.3, 0.4) is 0 Å². The molecule has 0 aliphatic carbocycles. The lowest BCUT2D eigenvalue weighted by molar-refractivity contribution is 0.0941. The van der Waals surface area contributed by atoms with E-state index in [-0.39, 0.29) is 17.9 Å². The highest BCUT2D eigenvalue weighted by molar-refractivity contribution is 6.06. The summed E-state index contributed by atoms with van der Waals surface area (Å²) in [5.74, 6) is 1.40. The second kappa shape index (κ2) is 7.14. The number of hydrogen-bond donors (Lipinski definition) is 1. The molecule has 1 aliphatic heterocycles. The summed E-state index contributed by atoms with van der Waals surface area (Å²) < 4.78 is 16.5. The Bertz CT molecular complexity index is 1040. The molecule has 146 valence electrons. The third kappa shape index (κ3) is 3.28. The number of hydrogen-bond acceptors (Lipinski definition) is 6. The van der Waals surface area contributed by atoms with E-state index in [1.165, 1.54) is 0 Å². The van der Waals surface area contributed by atoms with Gasteiger partial charge >= 0.3 is 0 Å². The summed E-state index contributed by atoms with van der Waals surface area (Å²) in [6, 6.07) is 7.33. The molecule has 2 aromatic heterocycles. The molecule has 4 rings (SSSR count). The smallest absolute Gasteiger partial charge is 0.259 e. The first-order valence-corrected chi connectivity index (χ1v) is 9.41. The molecule has 28 heavy (non-hydrogen) atoms. The second-order valence-corrected chi connectivity index (χ2v) is 7.30. The maximum absolute atomic E-state index is 13.1. The van der Waals surface area contributed by atoms with E-state index in [1.807, 2.05) is 52.0 Å². The third-order valence-electron chi connectivity index (χ3n) is 4.89. The molecule has 0 radical (unpaired) electrons. The largest absolute Gasteiger partial charge is 0.486 e. The van der Waals surface area contributed by atoms with Gasteiger partial charge in [-0.1, -0.05) is 25.1 Å². The summed E-state index contributed by atoms with van der Waals surface area (Å²) in [6.45, 7) is 8.87. The lowest BCUT2D eigenvalue weighted by atomic mass is 10.0. The van der Waals surface area contributed by atoms with Crippen molar-refractivity contribution in [3.8, 4) is 11.5 Å². The summed E-state index contributed by atoms with van der Waals surface area (Å²) in [7, 11) is 0. The number of amides is 1. The minimum atomic E-state index is -0.214. The second-order valence-electron chi connectivity index (χ2n) is 7.30. The van der Waals surface area contributed by atoms with E-state index >= 15 is 0 Å². The zero-order valence-electron chi connectivity index (χ0n) is 16.4. The molecule has 0 spiro atoms. The number of ether oxygens (including phenoxy) is 2. The van der Waals surface area contributed by atoms with E-state index in [4.69, 9.17) is 14.0 Å². The molecule has 7 heteroatoms. The van der Waals surface area contributed by atoms with Crippen LogP contribution in [-0.2, 0) is 0 Å². The number of carbonyl (C=O) groups is 1. The lowest BCUT2D eigenvalue weighted by Crippen LogP contribution is -2.27. The van der Waals surface area contributed by atoms with Gasteiger partial charge in [0, 0.05) is 5.69 Å². The van der Waals surface area contributed by atoms with Crippen molar-refractivity contribution in [2.75, 3.05) is 13.2 Å². The molecule has 0 saturated carbocycles. The van der Waals surface area contributed by atoms with E-state index in [0.717, 1.165) is 17.0 Å². The van der Waals surface area contributed by atoms with Crippen LogP contribution in [0.15, 0.2) is 28.8 Å². The Morgan fingerprint density at radius 2 is 1.86 bits per heavy atom. The average molecular weight is 381 g/mol. The van der Waals surface area contributed by atoms with E-state index in [1.54, 1.807) is 0 Å². The van der Waals surface area contributed by atoms with Crippen LogP contribution in [0.1, 0.15) is 60.0 Å². The summed E-state index contributed by atoms with van der Waals surface area (Å²) >= 11 is 0. The zero-order valence-corrected chi connectivity index (χ0v) is 16.4. The summed E-state index contributed by atoms with van der Waals surface area (Å²) in [5.41, 5.74) is 3.29. The quantitative estimate of drug-likeness (QED) is 0.737. The minimum Gasteiger partial charge on any atom is -0.486 e. The van der Waals surface area contributed by atoms with Crippen LogP contribution in [-0.4, -0.2) is 29.3 Å². The summed E-state index contributed by atoms with van der Waals surface area (Å²) in [5, 5.41) is 7.69. The normalized spacial score (nSPS) is 14.3. The topological polar surface area (TPSA) is 86.5 Å². The molecule has 7 nitrogen and oxygen atoms in total. The van der Waals surface area contributed by atoms with Gasteiger partial charge in [-0.2, -0.15) is 0 Å². The van der Waals surface area contributed by atoms with Gasteiger partial charge in [0.1, 0.15) is 13.2 Å². The Hall–Kier alpha value is -3.09. The molecule has 3 heterocycles. The van der Waals surface area contributed by atoms with Crippen molar-refractivity contribution in [2.24, 2.45) is 0 Å². The number of nitrogens with one attached hydrogen (secondary N) is 1. The molecule has 3 aromatic rings. The number of carbonyl (C=O) groups excluding carboxylic acids is 1. The van der Waals surface area contributed by atoms with Gasteiger partial charge in [0.05, 0.1) is 22.7 Å². The van der Waals surface area contributed by atoms with E-state index in [2.05, 4.69) is 15.5 Å². The number of fused-ring (bicyclic) bond motifs is 2. The molecular formula is C21H23N3O4. The van der Waals surface area contributed by atoms with Crippen molar-refractivity contribution in [1.82, 2.24) is 15.5 Å². The fourth-order valence-electron chi connectivity index (χ4n) is 3.28. The van der Waals surface area contributed by atoms with Crippen LogP contribution in [0.2, 0.25) is 0 Å². The van der Waals surface area contributed by atoms with Gasteiger partial charge in [-0.25, -0.2) is 4.98 Å². The van der Waals surface area contributed by atoms with Crippen LogP contribution in [0.5, 0.6) is 11.5 Å². The number of pyridine rings is 1. The Labute approximate surface area is 163 Å². The van der Waals surface area contributed by atoms with Gasteiger partial charge in [0.15, 0.2) is 11.5 Å². The minimum absolute atomic E-state index is 0.163. The lowest BCUT2D eigenvalue weighted by Gasteiger charge is -2.21. The first-order valence-electron chi connectivity index (χ1n) is 9.41. The zero-order chi connectivity index (χ0) is 19.8. The number of rotatable bonds is 4. The molecule has 1 N–H and O–H groups in total. The van der Waals surface area contributed by atoms with Gasteiger partial charge in [-0.15, -0.1) is 0 Å². The van der Waals surface area contributed by atoms with E-state index in [0.29, 0.717) is 41.3 Å². The van der Waals surface area contributed by atoms with Crippen molar-refractivity contribution in [1.29, 1.82) is 0 Å².